The normalized spacial score (nSPS) is 25.3. The number of aromatic nitrogens is 4. The minimum Gasteiger partial charge on any atom is -0.390 e. The summed E-state index contributed by atoms with van der Waals surface area (Å²) in [6.07, 6.45) is 6.69. The van der Waals surface area contributed by atoms with Crippen molar-refractivity contribution in [3.05, 3.63) is 42.5 Å². The van der Waals surface area contributed by atoms with E-state index in [9.17, 15) is 10.2 Å². The molecular weight excluding hydrogens is 344 g/mol. The number of nitrogens with two attached hydrogens (primary N) is 2. The lowest BCUT2D eigenvalue weighted by Crippen LogP contribution is -2.29. The summed E-state index contributed by atoms with van der Waals surface area (Å²) in [6, 6.07) is 5.45. The lowest BCUT2D eigenvalue weighted by molar-refractivity contribution is 0.00511. The molecule has 1 saturated carbocycles. The second kappa shape index (κ2) is 7.13. The van der Waals surface area contributed by atoms with Crippen LogP contribution in [0.4, 0.5) is 11.6 Å². The Kier molecular flexibility index (Phi) is 4.67. The Morgan fingerprint density at radius 2 is 1.96 bits per heavy atom. The van der Waals surface area contributed by atoms with E-state index in [0.717, 1.165) is 30.2 Å². The molecule has 27 heavy (non-hydrogen) atoms. The summed E-state index contributed by atoms with van der Waals surface area (Å²) in [6.45, 7) is 0. The Morgan fingerprint density at radius 1 is 1.11 bits per heavy atom. The smallest absolute Gasteiger partial charge is 0.145 e. The van der Waals surface area contributed by atoms with E-state index >= 15 is 0 Å². The summed E-state index contributed by atoms with van der Waals surface area (Å²) in [4.78, 5) is 12.3. The molecule has 142 valence electrons. The van der Waals surface area contributed by atoms with Crippen LogP contribution in [0.1, 0.15) is 30.9 Å². The third-order valence-corrected chi connectivity index (χ3v) is 5.55. The first-order valence-corrected chi connectivity index (χ1v) is 9.18. The number of aryl methyl sites for hydroxylation is 1. The van der Waals surface area contributed by atoms with Gasteiger partial charge in [-0.1, -0.05) is 0 Å². The number of pyridine rings is 1. The third kappa shape index (κ3) is 3.33. The van der Waals surface area contributed by atoms with Gasteiger partial charge in [0.15, 0.2) is 0 Å². The Hall–Kier alpha value is -2.71. The molecule has 4 rings (SSSR count). The summed E-state index contributed by atoms with van der Waals surface area (Å²) in [5, 5.41) is 21.9. The summed E-state index contributed by atoms with van der Waals surface area (Å²) in [7, 11) is 0. The van der Waals surface area contributed by atoms with E-state index in [1.54, 1.807) is 6.20 Å². The summed E-state index contributed by atoms with van der Waals surface area (Å²) < 4.78 is 1.91. The van der Waals surface area contributed by atoms with Gasteiger partial charge in [0.05, 0.1) is 17.5 Å². The lowest BCUT2D eigenvalue weighted by atomic mass is 9.96. The fraction of sp³-hybridized carbons (Fsp3) is 0.421. The molecule has 3 aromatic heterocycles. The van der Waals surface area contributed by atoms with E-state index in [1.165, 1.54) is 6.33 Å². The van der Waals surface area contributed by atoms with Crippen molar-refractivity contribution >= 4 is 22.7 Å². The number of nitrogens with zero attached hydrogens (tertiary/aromatic N) is 4. The van der Waals surface area contributed by atoms with Gasteiger partial charge in [-0.2, -0.15) is 0 Å². The topological polar surface area (TPSA) is 136 Å². The van der Waals surface area contributed by atoms with E-state index in [4.69, 9.17) is 11.5 Å². The van der Waals surface area contributed by atoms with E-state index in [-0.39, 0.29) is 12.0 Å². The van der Waals surface area contributed by atoms with Gasteiger partial charge in [0.2, 0.25) is 0 Å². The van der Waals surface area contributed by atoms with Crippen LogP contribution in [0.15, 0.2) is 36.9 Å². The number of rotatable bonds is 5. The first kappa shape index (κ1) is 17.7. The van der Waals surface area contributed by atoms with Crippen molar-refractivity contribution in [2.75, 3.05) is 11.5 Å². The molecule has 0 aromatic carbocycles. The highest BCUT2D eigenvalue weighted by Crippen LogP contribution is 2.39. The quantitative estimate of drug-likeness (QED) is 0.533. The minimum atomic E-state index is -0.835. The lowest BCUT2D eigenvalue weighted by Gasteiger charge is -2.19. The number of hydrogen-bond acceptors (Lipinski definition) is 7. The van der Waals surface area contributed by atoms with Crippen LogP contribution in [0, 0.1) is 5.92 Å². The molecule has 1 aliphatic carbocycles. The number of fused-ring (bicyclic) bond motifs is 1. The van der Waals surface area contributed by atoms with Crippen LogP contribution < -0.4 is 11.5 Å². The SMILES string of the molecule is Nc1cc(CCC[C@H]2C[C@@H](n3ccc4c(N)ncnc43)[C@H](O)[C@@H]2O)ccn1. The predicted octanol–water partition coefficient (Wildman–Crippen LogP) is 1.30. The summed E-state index contributed by atoms with van der Waals surface area (Å²) in [5.41, 5.74) is 13.4. The molecule has 0 radical (unpaired) electrons. The van der Waals surface area contributed by atoms with Crippen molar-refractivity contribution < 1.29 is 10.2 Å². The standard InChI is InChI=1S/C19H24N6O2/c20-15-8-11(4-6-22-15)2-1-3-12-9-14(17(27)16(12)26)25-7-5-13-18(21)23-10-24-19(13)25/h4-8,10,12,14,16-17,26-27H,1-3,9H2,(H2,20,22)(H2,21,23,24)/t12-,14+,16+,17-/m0/s1. The van der Waals surface area contributed by atoms with Crippen molar-refractivity contribution in [1.82, 2.24) is 19.5 Å². The Labute approximate surface area is 156 Å². The predicted molar refractivity (Wildman–Crippen MR) is 103 cm³/mol. The molecule has 4 atom stereocenters. The van der Waals surface area contributed by atoms with Crippen LogP contribution in [0.3, 0.4) is 0 Å². The zero-order valence-electron chi connectivity index (χ0n) is 14.9. The highest BCUT2D eigenvalue weighted by molar-refractivity contribution is 5.86. The summed E-state index contributed by atoms with van der Waals surface area (Å²) >= 11 is 0. The molecule has 1 aliphatic rings. The average molecular weight is 368 g/mol. The van der Waals surface area contributed by atoms with Gasteiger partial charge in [-0.3, -0.25) is 0 Å². The maximum Gasteiger partial charge on any atom is 0.145 e. The maximum atomic E-state index is 10.6. The van der Waals surface area contributed by atoms with Gasteiger partial charge in [-0.15, -0.1) is 0 Å². The van der Waals surface area contributed by atoms with Crippen LogP contribution in [-0.2, 0) is 6.42 Å². The van der Waals surface area contributed by atoms with Gasteiger partial charge < -0.3 is 26.2 Å². The number of nitrogen functional groups attached to an aromatic ring is 2. The minimum absolute atomic E-state index is 0.0285. The molecule has 0 aliphatic heterocycles. The first-order chi connectivity index (χ1) is 13.0. The zero-order valence-corrected chi connectivity index (χ0v) is 14.9. The molecule has 3 heterocycles. The third-order valence-electron chi connectivity index (χ3n) is 5.55. The molecule has 8 nitrogen and oxygen atoms in total. The van der Waals surface area contributed by atoms with Crippen LogP contribution in [0.5, 0.6) is 0 Å². The Morgan fingerprint density at radius 3 is 2.78 bits per heavy atom. The fourth-order valence-corrected chi connectivity index (χ4v) is 4.14. The first-order valence-electron chi connectivity index (χ1n) is 9.18. The maximum absolute atomic E-state index is 10.6. The molecule has 8 heteroatoms. The monoisotopic (exact) mass is 368 g/mol. The number of anilines is 2. The average Bonchev–Trinajstić information content (AvgIpc) is 3.19. The van der Waals surface area contributed by atoms with Crippen LogP contribution in [0.25, 0.3) is 11.0 Å². The van der Waals surface area contributed by atoms with Crippen LogP contribution >= 0.6 is 0 Å². The van der Waals surface area contributed by atoms with Gasteiger partial charge in [-0.05, 0) is 55.4 Å². The highest BCUT2D eigenvalue weighted by Gasteiger charge is 2.42. The molecule has 6 N–H and O–H groups in total. The molecule has 0 spiro atoms. The Bertz CT molecular complexity index is 943. The number of hydrogen-bond donors (Lipinski definition) is 4. The second-order valence-corrected chi connectivity index (χ2v) is 7.24. The largest absolute Gasteiger partial charge is 0.390 e. The number of aliphatic hydroxyl groups is 2. The van der Waals surface area contributed by atoms with Crippen LogP contribution in [-0.4, -0.2) is 41.9 Å². The molecule has 3 aromatic rings. The molecule has 0 saturated heterocycles. The van der Waals surface area contributed by atoms with Gasteiger partial charge in [-0.25, -0.2) is 15.0 Å². The molecular formula is C19H24N6O2. The van der Waals surface area contributed by atoms with Crippen molar-refractivity contribution in [3.63, 3.8) is 0 Å². The second-order valence-electron chi connectivity index (χ2n) is 7.24. The number of aliphatic hydroxyl groups excluding tert-OH is 2. The van der Waals surface area contributed by atoms with Crippen molar-refractivity contribution in [1.29, 1.82) is 0 Å². The summed E-state index contributed by atoms with van der Waals surface area (Å²) in [5.74, 6) is 0.963. The van der Waals surface area contributed by atoms with E-state index < -0.39 is 12.2 Å². The van der Waals surface area contributed by atoms with Gasteiger partial charge in [0.25, 0.3) is 0 Å². The van der Waals surface area contributed by atoms with Crippen molar-refractivity contribution in [3.8, 4) is 0 Å². The van der Waals surface area contributed by atoms with Crippen molar-refractivity contribution in [2.24, 2.45) is 5.92 Å². The van der Waals surface area contributed by atoms with Crippen molar-refractivity contribution in [2.45, 2.75) is 43.9 Å². The fourth-order valence-electron chi connectivity index (χ4n) is 4.14. The van der Waals surface area contributed by atoms with E-state index in [2.05, 4.69) is 15.0 Å². The molecule has 0 bridgehead atoms. The molecule has 0 unspecified atom stereocenters. The van der Waals surface area contributed by atoms with Crippen LogP contribution in [0.2, 0.25) is 0 Å². The zero-order chi connectivity index (χ0) is 19.0. The van der Waals surface area contributed by atoms with Gasteiger partial charge >= 0.3 is 0 Å². The Balaban J connectivity index is 1.45. The van der Waals surface area contributed by atoms with E-state index in [1.807, 2.05) is 29.0 Å². The van der Waals surface area contributed by atoms with Gasteiger partial charge in [0, 0.05) is 12.4 Å². The molecule has 0 amide bonds. The van der Waals surface area contributed by atoms with E-state index in [0.29, 0.717) is 23.7 Å². The molecule has 1 fully saturated rings. The van der Waals surface area contributed by atoms with Gasteiger partial charge in [0.1, 0.15) is 29.7 Å². The highest BCUT2D eigenvalue weighted by atomic mass is 16.3.